The number of aliphatic hydroxyl groups is 1. The highest BCUT2D eigenvalue weighted by atomic mass is 32.2. The quantitative estimate of drug-likeness (QED) is 0.680. The number of sulfone groups is 1. The highest BCUT2D eigenvalue weighted by molar-refractivity contribution is 7.91. The lowest BCUT2D eigenvalue weighted by atomic mass is 10.00. The van der Waals surface area contributed by atoms with Gasteiger partial charge in [-0.2, -0.15) is 0 Å². The molecule has 7 nitrogen and oxygen atoms in total. The molecule has 2 heterocycles. The smallest absolute Gasteiger partial charge is 0.223 e. The molecule has 0 spiro atoms. The van der Waals surface area contributed by atoms with E-state index in [-0.39, 0.29) is 48.7 Å². The third kappa shape index (κ3) is 4.91. The Balaban J connectivity index is 1.85. The first-order valence-electron chi connectivity index (χ1n) is 7.33. The summed E-state index contributed by atoms with van der Waals surface area (Å²) in [6, 6.07) is -0.240. The number of aliphatic hydroxyl groups excluding tert-OH is 1. The summed E-state index contributed by atoms with van der Waals surface area (Å²) < 4.78 is 33.7. The Hall–Kier alpha value is -0.700. The van der Waals surface area contributed by atoms with Crippen molar-refractivity contribution in [1.82, 2.24) is 5.32 Å². The van der Waals surface area contributed by atoms with Crippen molar-refractivity contribution in [3.8, 4) is 0 Å². The van der Waals surface area contributed by atoms with Crippen LogP contribution in [-0.4, -0.2) is 69.5 Å². The maximum atomic E-state index is 12.2. The summed E-state index contributed by atoms with van der Waals surface area (Å²) in [6.07, 6.45) is 1.26. The molecule has 2 atom stereocenters. The summed E-state index contributed by atoms with van der Waals surface area (Å²) in [5, 5.41) is 11.7. The molecule has 2 saturated heterocycles. The number of carbonyl (C=O) groups excluding carboxylic acids is 1. The molecule has 0 aromatic carbocycles. The van der Waals surface area contributed by atoms with Gasteiger partial charge in [-0.05, 0) is 19.3 Å². The van der Waals surface area contributed by atoms with Gasteiger partial charge in [0.15, 0.2) is 0 Å². The Bertz CT molecular complexity index is 438. The summed E-state index contributed by atoms with van der Waals surface area (Å²) in [4.78, 5) is 12.2. The van der Waals surface area contributed by atoms with E-state index >= 15 is 0 Å². The highest BCUT2D eigenvalue weighted by Crippen LogP contribution is 2.20. The summed E-state index contributed by atoms with van der Waals surface area (Å²) >= 11 is 0. The molecule has 2 rings (SSSR count). The van der Waals surface area contributed by atoms with Crippen LogP contribution in [0.5, 0.6) is 0 Å². The lowest BCUT2D eigenvalue weighted by Crippen LogP contribution is -2.52. The molecule has 2 aliphatic heterocycles. The lowest BCUT2D eigenvalue weighted by Gasteiger charge is -2.33. The Morgan fingerprint density at radius 3 is 2.67 bits per heavy atom. The fourth-order valence-electron chi connectivity index (χ4n) is 2.71. The van der Waals surface area contributed by atoms with E-state index in [1.807, 2.05) is 0 Å². The minimum absolute atomic E-state index is 0.0570. The predicted molar refractivity (Wildman–Crippen MR) is 75.6 cm³/mol. The van der Waals surface area contributed by atoms with Crippen molar-refractivity contribution in [1.29, 1.82) is 0 Å². The number of nitrogens with one attached hydrogen (secondary N) is 1. The second kappa shape index (κ2) is 7.53. The fourth-order valence-corrected chi connectivity index (χ4v) is 4.20. The van der Waals surface area contributed by atoms with Gasteiger partial charge in [0, 0.05) is 12.5 Å². The van der Waals surface area contributed by atoms with Crippen molar-refractivity contribution >= 4 is 15.7 Å². The lowest BCUT2D eigenvalue weighted by molar-refractivity contribution is -0.130. The van der Waals surface area contributed by atoms with E-state index in [0.29, 0.717) is 32.5 Å². The largest absolute Gasteiger partial charge is 0.394 e. The maximum absolute atomic E-state index is 12.2. The van der Waals surface area contributed by atoms with Crippen LogP contribution in [0.2, 0.25) is 0 Å². The number of hydrogen-bond acceptors (Lipinski definition) is 6. The van der Waals surface area contributed by atoms with E-state index in [4.69, 9.17) is 14.6 Å². The molecule has 0 unspecified atom stereocenters. The number of amides is 1. The molecular weight excluding hydrogens is 298 g/mol. The van der Waals surface area contributed by atoms with Gasteiger partial charge in [0.2, 0.25) is 5.91 Å². The molecule has 122 valence electrons. The summed E-state index contributed by atoms with van der Waals surface area (Å²) in [5.74, 6) is -0.222. The predicted octanol–water partition coefficient (Wildman–Crippen LogP) is -0.906. The molecule has 2 aliphatic rings. The molecule has 0 aliphatic carbocycles. The van der Waals surface area contributed by atoms with Crippen LogP contribution in [-0.2, 0) is 24.1 Å². The van der Waals surface area contributed by atoms with Gasteiger partial charge in [-0.3, -0.25) is 4.79 Å². The minimum atomic E-state index is -2.96. The first-order chi connectivity index (χ1) is 10.0. The highest BCUT2D eigenvalue weighted by Gasteiger charge is 2.33. The number of rotatable bonds is 5. The molecule has 21 heavy (non-hydrogen) atoms. The van der Waals surface area contributed by atoms with Gasteiger partial charge >= 0.3 is 0 Å². The van der Waals surface area contributed by atoms with E-state index in [0.717, 1.165) is 0 Å². The van der Waals surface area contributed by atoms with Gasteiger partial charge in [-0.15, -0.1) is 0 Å². The van der Waals surface area contributed by atoms with Gasteiger partial charge < -0.3 is 19.9 Å². The second-order valence-electron chi connectivity index (χ2n) is 5.54. The zero-order valence-corrected chi connectivity index (χ0v) is 12.8. The van der Waals surface area contributed by atoms with Gasteiger partial charge in [-0.25, -0.2) is 8.42 Å². The van der Waals surface area contributed by atoms with E-state index < -0.39 is 9.84 Å². The maximum Gasteiger partial charge on any atom is 0.223 e. The Morgan fingerprint density at radius 1 is 1.29 bits per heavy atom. The summed E-state index contributed by atoms with van der Waals surface area (Å²) in [5.41, 5.74) is 0. The molecule has 0 radical (unpaired) electrons. The third-order valence-electron chi connectivity index (χ3n) is 3.97. The molecular formula is C13H23NO6S. The van der Waals surface area contributed by atoms with Crippen LogP contribution < -0.4 is 5.32 Å². The molecule has 8 heteroatoms. The van der Waals surface area contributed by atoms with Crippen LogP contribution in [0.1, 0.15) is 19.3 Å². The van der Waals surface area contributed by atoms with Crippen molar-refractivity contribution in [2.24, 2.45) is 5.92 Å². The minimum Gasteiger partial charge on any atom is -0.394 e. The van der Waals surface area contributed by atoms with Crippen LogP contribution in [0.25, 0.3) is 0 Å². The summed E-state index contributed by atoms with van der Waals surface area (Å²) in [6.45, 7) is 1.13. The molecule has 2 N–H and O–H groups in total. The van der Waals surface area contributed by atoms with Crippen molar-refractivity contribution in [2.45, 2.75) is 31.4 Å². The van der Waals surface area contributed by atoms with E-state index in [9.17, 15) is 13.2 Å². The third-order valence-corrected chi connectivity index (χ3v) is 5.68. The Morgan fingerprint density at radius 2 is 2.00 bits per heavy atom. The van der Waals surface area contributed by atoms with Crippen LogP contribution >= 0.6 is 0 Å². The molecule has 1 amide bonds. The average molecular weight is 321 g/mol. The number of hydrogen-bond donors (Lipinski definition) is 2. The van der Waals surface area contributed by atoms with Gasteiger partial charge in [0.25, 0.3) is 0 Å². The first kappa shape index (κ1) is 16.7. The standard InChI is InChI=1S/C13H23NO6S/c15-4-6-20-12-1-5-19-9-11(12)14-13(16)10-2-7-21(17,18)8-3-10/h10-12,15H,1-9H2,(H,14,16)/t11-,12+/m0/s1. The SMILES string of the molecule is O=C(N[C@H]1COCC[C@H]1OCCO)C1CCS(=O)(=O)CC1. The zero-order chi connectivity index (χ0) is 15.3. The molecule has 0 aromatic rings. The van der Waals surface area contributed by atoms with E-state index in [1.165, 1.54) is 0 Å². The topological polar surface area (TPSA) is 102 Å². The first-order valence-corrected chi connectivity index (χ1v) is 9.15. The average Bonchev–Trinajstić information content (AvgIpc) is 2.46. The fraction of sp³-hybridized carbons (Fsp3) is 0.923. The summed E-state index contributed by atoms with van der Waals surface area (Å²) in [7, 11) is -2.96. The Labute approximate surface area is 124 Å². The van der Waals surface area contributed by atoms with Crippen LogP contribution in [0.4, 0.5) is 0 Å². The van der Waals surface area contributed by atoms with Gasteiger partial charge in [0.05, 0.1) is 43.5 Å². The molecule has 2 fully saturated rings. The van der Waals surface area contributed by atoms with Crippen LogP contribution in [0.15, 0.2) is 0 Å². The van der Waals surface area contributed by atoms with Crippen molar-refractivity contribution in [2.75, 3.05) is 37.9 Å². The molecule has 0 aromatic heterocycles. The van der Waals surface area contributed by atoms with E-state index in [1.54, 1.807) is 0 Å². The van der Waals surface area contributed by atoms with Crippen molar-refractivity contribution in [3.05, 3.63) is 0 Å². The number of carbonyl (C=O) groups is 1. The van der Waals surface area contributed by atoms with Gasteiger partial charge in [-0.1, -0.05) is 0 Å². The van der Waals surface area contributed by atoms with Crippen LogP contribution in [0.3, 0.4) is 0 Å². The normalized spacial score (nSPS) is 30.0. The molecule has 0 bridgehead atoms. The van der Waals surface area contributed by atoms with Crippen molar-refractivity contribution < 1.29 is 27.8 Å². The van der Waals surface area contributed by atoms with Crippen LogP contribution in [0, 0.1) is 5.92 Å². The second-order valence-corrected chi connectivity index (χ2v) is 7.84. The number of ether oxygens (including phenoxy) is 2. The van der Waals surface area contributed by atoms with Crippen molar-refractivity contribution in [3.63, 3.8) is 0 Å². The zero-order valence-electron chi connectivity index (χ0n) is 12.0. The molecule has 0 saturated carbocycles. The van der Waals surface area contributed by atoms with Gasteiger partial charge in [0.1, 0.15) is 9.84 Å². The monoisotopic (exact) mass is 321 g/mol. The Kier molecular flexibility index (Phi) is 5.98. The van der Waals surface area contributed by atoms with E-state index in [2.05, 4.69) is 5.32 Å².